The molecule has 0 saturated carbocycles. The van der Waals surface area contributed by atoms with E-state index in [0.717, 1.165) is 32.8 Å². The lowest BCUT2D eigenvalue weighted by molar-refractivity contribution is -0.137. The van der Waals surface area contributed by atoms with Gasteiger partial charge >= 0.3 is 18.5 Å². The molecule has 162 valence electrons. The molecule has 2 heterocycles. The van der Waals surface area contributed by atoms with E-state index in [0.29, 0.717) is 29.9 Å². The lowest BCUT2D eigenvalue weighted by Crippen LogP contribution is -2.30. The summed E-state index contributed by atoms with van der Waals surface area (Å²) in [6, 6.07) is 4.35. The molecule has 3 rings (SSSR count). The molecule has 30 heavy (non-hydrogen) atoms. The van der Waals surface area contributed by atoms with Gasteiger partial charge in [0.2, 0.25) is 0 Å². The van der Waals surface area contributed by atoms with Crippen LogP contribution < -0.4 is 0 Å². The zero-order valence-electron chi connectivity index (χ0n) is 16.5. The van der Waals surface area contributed by atoms with Crippen LogP contribution >= 0.6 is 0 Å². The average molecular weight is 427 g/mol. The summed E-state index contributed by atoms with van der Waals surface area (Å²) in [6.07, 6.45) is -5.16. The number of fused-ring (bicyclic) bond motifs is 1. The summed E-state index contributed by atoms with van der Waals surface area (Å²) in [7, 11) is 2.28. The molecule has 7 nitrogen and oxygen atoms in total. The van der Waals surface area contributed by atoms with Gasteiger partial charge in [-0.25, -0.2) is 9.59 Å². The largest absolute Gasteiger partial charge is 0.513 e. The van der Waals surface area contributed by atoms with Gasteiger partial charge in [-0.3, -0.25) is 0 Å². The number of halogens is 3. The molecule has 1 saturated heterocycles. The highest BCUT2D eigenvalue weighted by Crippen LogP contribution is 2.46. The Morgan fingerprint density at radius 1 is 1.00 bits per heavy atom. The monoisotopic (exact) mass is 427 g/mol. The number of nitrogens with zero attached hydrogens (tertiary/aromatic N) is 1. The van der Waals surface area contributed by atoms with Crippen molar-refractivity contribution in [3.05, 3.63) is 58.3 Å². The summed E-state index contributed by atoms with van der Waals surface area (Å²) in [6.45, 7) is 2.32. The van der Waals surface area contributed by atoms with E-state index < -0.39 is 30.0 Å². The van der Waals surface area contributed by atoms with Gasteiger partial charge in [-0.05, 0) is 37.5 Å². The first-order valence-corrected chi connectivity index (χ1v) is 9.07. The van der Waals surface area contributed by atoms with Crippen LogP contribution in [-0.4, -0.2) is 38.0 Å². The number of ether oxygens (including phenoxy) is 4. The highest BCUT2D eigenvalue weighted by molar-refractivity contribution is 5.65. The van der Waals surface area contributed by atoms with E-state index in [4.69, 9.17) is 9.47 Å². The fraction of sp³-hybridized carbons (Fsp3) is 0.400. The second-order valence-corrected chi connectivity index (χ2v) is 6.68. The molecule has 1 unspecified atom stereocenters. The minimum Gasteiger partial charge on any atom is -0.437 e. The molecule has 1 aromatic rings. The van der Waals surface area contributed by atoms with Crippen LogP contribution in [0.5, 0.6) is 0 Å². The lowest BCUT2D eigenvalue weighted by Gasteiger charge is -2.35. The van der Waals surface area contributed by atoms with Crippen molar-refractivity contribution in [3.8, 4) is 0 Å². The van der Waals surface area contributed by atoms with Crippen LogP contribution in [0.3, 0.4) is 0 Å². The van der Waals surface area contributed by atoms with Crippen molar-refractivity contribution in [1.82, 2.24) is 4.90 Å². The molecule has 0 radical (unpaired) electrons. The minimum atomic E-state index is -4.51. The van der Waals surface area contributed by atoms with E-state index in [2.05, 4.69) is 9.47 Å². The number of allylic oxidation sites excluding steroid dienone is 2. The Bertz CT molecular complexity index is 904. The molecule has 10 heteroatoms. The van der Waals surface area contributed by atoms with Gasteiger partial charge in [-0.15, -0.1) is 0 Å². The maximum absolute atomic E-state index is 13.0. The van der Waals surface area contributed by atoms with Crippen LogP contribution in [0.1, 0.15) is 36.8 Å². The van der Waals surface area contributed by atoms with Crippen molar-refractivity contribution >= 4 is 12.3 Å². The molecule has 0 bridgehead atoms. The summed E-state index contributed by atoms with van der Waals surface area (Å²) >= 11 is 0. The first-order chi connectivity index (χ1) is 14.2. The Hall–Kier alpha value is -3.17. The Kier molecular flexibility index (Phi) is 5.95. The predicted octanol–water partition coefficient (Wildman–Crippen LogP) is 4.91. The fourth-order valence-corrected chi connectivity index (χ4v) is 3.61. The number of alkyl halides is 3. The summed E-state index contributed by atoms with van der Waals surface area (Å²) < 4.78 is 58.9. The third-order valence-corrected chi connectivity index (χ3v) is 4.98. The number of carbonyl (C=O) groups excluding carboxylic acids is 2. The fourth-order valence-electron chi connectivity index (χ4n) is 3.61. The van der Waals surface area contributed by atoms with Crippen molar-refractivity contribution in [2.24, 2.45) is 0 Å². The maximum atomic E-state index is 13.0. The minimum absolute atomic E-state index is 0.103. The summed E-state index contributed by atoms with van der Waals surface area (Å²) in [5.74, 6) is -0.690. The smallest absolute Gasteiger partial charge is 0.437 e. The van der Waals surface area contributed by atoms with Crippen LogP contribution in [0.4, 0.5) is 22.8 Å². The van der Waals surface area contributed by atoms with Gasteiger partial charge < -0.3 is 23.8 Å². The van der Waals surface area contributed by atoms with E-state index in [1.807, 2.05) is 4.90 Å². The SMILES string of the molecule is COC(=O)OC1=C(C)N2CCCC2=C(OC(=O)OC)C1c1ccc(C(F)(F)F)cc1. The molecular weight excluding hydrogens is 407 g/mol. The molecule has 0 aliphatic carbocycles. The van der Waals surface area contributed by atoms with Crippen molar-refractivity contribution in [2.75, 3.05) is 20.8 Å². The first-order valence-electron chi connectivity index (χ1n) is 9.07. The number of carbonyl (C=O) groups is 2. The quantitative estimate of drug-likeness (QED) is 0.635. The molecular formula is C20H20F3NO6. The van der Waals surface area contributed by atoms with Gasteiger partial charge in [-0.2, -0.15) is 13.2 Å². The lowest BCUT2D eigenvalue weighted by atomic mass is 9.89. The molecule has 2 aliphatic heterocycles. The normalized spacial score (nSPS) is 18.9. The van der Waals surface area contributed by atoms with E-state index >= 15 is 0 Å². The molecule has 2 aliphatic rings. The maximum Gasteiger partial charge on any atom is 0.513 e. The van der Waals surface area contributed by atoms with Gasteiger partial charge in [0, 0.05) is 6.54 Å². The van der Waals surface area contributed by atoms with E-state index in [9.17, 15) is 22.8 Å². The van der Waals surface area contributed by atoms with Crippen molar-refractivity contribution in [2.45, 2.75) is 31.9 Å². The van der Waals surface area contributed by atoms with Crippen LogP contribution in [0.2, 0.25) is 0 Å². The number of rotatable bonds is 3. The highest BCUT2D eigenvalue weighted by Gasteiger charge is 2.41. The standard InChI is InChI=1S/C20H20F3NO6/c1-11-16(29-18(25)27-2)15(12-6-8-13(9-7-12)20(21,22)23)17(30-19(26)28-3)14-5-4-10-24(11)14/h6-9,15H,4-5,10H2,1-3H3. The van der Waals surface area contributed by atoms with Crippen LogP contribution in [-0.2, 0) is 25.1 Å². The summed E-state index contributed by atoms with van der Waals surface area (Å²) in [4.78, 5) is 25.6. The number of hydrogen-bond acceptors (Lipinski definition) is 7. The van der Waals surface area contributed by atoms with Crippen molar-refractivity contribution in [3.63, 3.8) is 0 Å². The van der Waals surface area contributed by atoms with E-state index in [1.54, 1.807) is 6.92 Å². The highest BCUT2D eigenvalue weighted by atomic mass is 19.4. The first kappa shape index (κ1) is 21.5. The zero-order valence-corrected chi connectivity index (χ0v) is 16.5. The molecule has 1 aromatic carbocycles. The zero-order chi connectivity index (χ0) is 22.1. The van der Waals surface area contributed by atoms with Gasteiger partial charge in [0.15, 0.2) is 0 Å². The second-order valence-electron chi connectivity index (χ2n) is 6.68. The van der Waals surface area contributed by atoms with E-state index in [-0.39, 0.29) is 11.5 Å². The number of benzene rings is 1. The third-order valence-electron chi connectivity index (χ3n) is 4.98. The van der Waals surface area contributed by atoms with Gasteiger partial charge in [0.1, 0.15) is 17.4 Å². The third kappa shape index (κ3) is 4.07. The number of methoxy groups -OCH3 is 2. The van der Waals surface area contributed by atoms with Crippen LogP contribution in [0, 0.1) is 0 Å². The molecule has 0 aromatic heterocycles. The molecule has 1 atom stereocenters. The Morgan fingerprint density at radius 3 is 2.10 bits per heavy atom. The molecule has 0 amide bonds. The van der Waals surface area contributed by atoms with Gasteiger partial charge in [-0.1, -0.05) is 12.1 Å². The van der Waals surface area contributed by atoms with Crippen molar-refractivity contribution in [1.29, 1.82) is 0 Å². The number of hydrogen-bond donors (Lipinski definition) is 0. The Labute approximate surface area is 170 Å². The van der Waals surface area contributed by atoms with E-state index in [1.165, 1.54) is 12.1 Å². The molecule has 0 spiro atoms. The molecule has 1 fully saturated rings. The van der Waals surface area contributed by atoms with Crippen molar-refractivity contribution < 1.29 is 41.7 Å². The predicted molar refractivity (Wildman–Crippen MR) is 96.8 cm³/mol. The van der Waals surface area contributed by atoms with Crippen LogP contribution in [0.25, 0.3) is 0 Å². The summed E-state index contributed by atoms with van der Waals surface area (Å²) in [5, 5.41) is 0. The second kappa shape index (κ2) is 8.29. The topological polar surface area (TPSA) is 74.3 Å². The van der Waals surface area contributed by atoms with Gasteiger partial charge in [0.05, 0.1) is 31.2 Å². The average Bonchev–Trinajstić information content (AvgIpc) is 3.21. The van der Waals surface area contributed by atoms with Crippen LogP contribution in [0.15, 0.2) is 47.2 Å². The molecule has 0 N–H and O–H groups in total. The van der Waals surface area contributed by atoms with Gasteiger partial charge in [0.25, 0.3) is 0 Å². The summed E-state index contributed by atoms with van der Waals surface area (Å²) in [5.41, 5.74) is 0.776. The Balaban J connectivity index is 2.14. The Morgan fingerprint density at radius 2 is 1.57 bits per heavy atom.